The first-order valence-electron chi connectivity index (χ1n) is 8.45. The van der Waals surface area contributed by atoms with E-state index in [1.54, 1.807) is 24.3 Å². The number of rotatable bonds is 6. The summed E-state index contributed by atoms with van der Waals surface area (Å²) in [7, 11) is 2.44. The summed E-state index contributed by atoms with van der Waals surface area (Å²) in [4.78, 5) is 36.1. The molecule has 2 aromatic carbocycles. The van der Waals surface area contributed by atoms with Gasteiger partial charge in [-0.3, -0.25) is 4.79 Å². The van der Waals surface area contributed by atoms with Gasteiger partial charge in [0.1, 0.15) is 11.6 Å². The SMILES string of the molecule is COC(=O)c1ccc(C(=O)OC)c(N/C=C(/C#N)C(=O)Nc2cccc(C)c2)c1. The molecule has 0 spiro atoms. The van der Waals surface area contributed by atoms with Crippen molar-refractivity contribution >= 4 is 29.2 Å². The number of nitriles is 1. The summed E-state index contributed by atoms with van der Waals surface area (Å²) in [5.41, 5.74) is 1.73. The number of anilines is 2. The van der Waals surface area contributed by atoms with E-state index in [1.807, 2.05) is 13.0 Å². The number of benzene rings is 2. The fraction of sp³-hybridized carbons (Fsp3) is 0.143. The topological polar surface area (TPSA) is 118 Å². The maximum atomic E-state index is 12.4. The smallest absolute Gasteiger partial charge is 0.339 e. The molecule has 1 amide bonds. The normalized spacial score (nSPS) is 10.5. The van der Waals surface area contributed by atoms with Crippen LogP contribution in [0, 0.1) is 18.3 Å². The Labute approximate surface area is 167 Å². The van der Waals surface area contributed by atoms with E-state index in [4.69, 9.17) is 4.74 Å². The standard InChI is InChI=1S/C21H19N3O5/c1-13-5-4-6-16(9-13)24-19(25)15(11-22)12-23-18-10-14(20(26)28-2)7-8-17(18)21(27)29-3/h4-10,12,23H,1-3H3,(H,24,25)/b15-12-. The second-order valence-corrected chi connectivity index (χ2v) is 5.88. The highest BCUT2D eigenvalue weighted by Crippen LogP contribution is 2.20. The number of hydrogen-bond donors (Lipinski definition) is 2. The Kier molecular flexibility index (Phi) is 7.09. The van der Waals surface area contributed by atoms with Crippen molar-refractivity contribution in [2.45, 2.75) is 6.92 Å². The van der Waals surface area contributed by atoms with E-state index < -0.39 is 17.8 Å². The minimum Gasteiger partial charge on any atom is -0.465 e. The molecule has 0 unspecified atom stereocenters. The average Bonchev–Trinajstić information content (AvgIpc) is 2.72. The number of carbonyl (C=O) groups excluding carboxylic acids is 3. The first kappa shape index (κ1) is 21.2. The number of nitrogens with zero attached hydrogens (tertiary/aromatic N) is 1. The highest BCUT2D eigenvalue weighted by molar-refractivity contribution is 6.07. The molecule has 0 bridgehead atoms. The first-order valence-corrected chi connectivity index (χ1v) is 8.45. The molecule has 0 aliphatic heterocycles. The maximum Gasteiger partial charge on any atom is 0.339 e. The van der Waals surface area contributed by atoms with Crippen molar-refractivity contribution in [3.8, 4) is 6.07 Å². The van der Waals surface area contributed by atoms with Crippen LogP contribution in [0.2, 0.25) is 0 Å². The van der Waals surface area contributed by atoms with Gasteiger partial charge in [0, 0.05) is 11.9 Å². The van der Waals surface area contributed by atoms with Gasteiger partial charge in [-0.05, 0) is 42.8 Å². The Hall–Kier alpha value is -4.12. The van der Waals surface area contributed by atoms with E-state index in [2.05, 4.69) is 15.4 Å². The molecule has 2 N–H and O–H groups in total. The zero-order chi connectivity index (χ0) is 21.4. The maximum absolute atomic E-state index is 12.4. The molecule has 2 aromatic rings. The molecule has 0 fully saturated rings. The zero-order valence-corrected chi connectivity index (χ0v) is 16.1. The van der Waals surface area contributed by atoms with Gasteiger partial charge in [-0.1, -0.05) is 12.1 Å². The molecule has 8 nitrogen and oxygen atoms in total. The van der Waals surface area contributed by atoms with Gasteiger partial charge in [0.2, 0.25) is 0 Å². The molecule has 0 aliphatic carbocycles. The van der Waals surface area contributed by atoms with Gasteiger partial charge in [-0.25, -0.2) is 9.59 Å². The number of ether oxygens (including phenoxy) is 2. The Balaban J connectivity index is 2.30. The van der Waals surface area contributed by atoms with Crippen LogP contribution in [0.1, 0.15) is 26.3 Å². The van der Waals surface area contributed by atoms with E-state index in [0.29, 0.717) is 5.69 Å². The van der Waals surface area contributed by atoms with Crippen LogP contribution in [0.25, 0.3) is 0 Å². The Morgan fingerprint density at radius 1 is 1.03 bits per heavy atom. The fourth-order valence-electron chi connectivity index (χ4n) is 2.42. The van der Waals surface area contributed by atoms with Crippen LogP contribution in [-0.2, 0) is 14.3 Å². The van der Waals surface area contributed by atoms with Gasteiger partial charge in [-0.2, -0.15) is 5.26 Å². The minimum absolute atomic E-state index is 0.118. The molecule has 0 aliphatic rings. The summed E-state index contributed by atoms with van der Waals surface area (Å²) in [5.74, 6) is -1.89. The lowest BCUT2D eigenvalue weighted by Gasteiger charge is -2.10. The molecule has 0 saturated carbocycles. The summed E-state index contributed by atoms with van der Waals surface area (Å²) in [6, 6.07) is 13.1. The molecule has 0 saturated heterocycles. The van der Waals surface area contributed by atoms with Crippen LogP contribution >= 0.6 is 0 Å². The van der Waals surface area contributed by atoms with E-state index in [-0.39, 0.29) is 22.4 Å². The predicted octanol–water partition coefficient (Wildman–Crippen LogP) is 3.03. The quantitative estimate of drug-likeness (QED) is 0.440. The number of nitrogens with one attached hydrogen (secondary N) is 2. The van der Waals surface area contributed by atoms with Crippen molar-refractivity contribution in [3.05, 3.63) is 70.9 Å². The molecule has 0 heterocycles. The highest BCUT2D eigenvalue weighted by Gasteiger charge is 2.16. The largest absolute Gasteiger partial charge is 0.465 e. The molecular formula is C21H19N3O5. The van der Waals surface area contributed by atoms with Crippen molar-refractivity contribution in [2.24, 2.45) is 0 Å². The van der Waals surface area contributed by atoms with E-state index in [9.17, 15) is 19.6 Å². The van der Waals surface area contributed by atoms with Crippen molar-refractivity contribution < 1.29 is 23.9 Å². The van der Waals surface area contributed by atoms with Gasteiger partial charge in [-0.15, -0.1) is 0 Å². The van der Waals surface area contributed by atoms with E-state index in [0.717, 1.165) is 11.8 Å². The third-order valence-corrected chi connectivity index (χ3v) is 3.86. The summed E-state index contributed by atoms with van der Waals surface area (Å²) in [6.45, 7) is 1.88. The summed E-state index contributed by atoms with van der Waals surface area (Å²) < 4.78 is 9.38. The van der Waals surface area contributed by atoms with Crippen molar-refractivity contribution in [3.63, 3.8) is 0 Å². The number of hydrogen-bond acceptors (Lipinski definition) is 7. The van der Waals surface area contributed by atoms with Gasteiger partial charge in [0.05, 0.1) is 31.0 Å². The molecule has 29 heavy (non-hydrogen) atoms. The van der Waals surface area contributed by atoms with E-state index >= 15 is 0 Å². The molecule has 0 atom stereocenters. The molecule has 0 radical (unpaired) electrons. The third kappa shape index (κ3) is 5.43. The van der Waals surface area contributed by atoms with Crippen molar-refractivity contribution in [1.29, 1.82) is 5.26 Å². The second kappa shape index (κ2) is 9.71. The lowest BCUT2D eigenvalue weighted by molar-refractivity contribution is -0.112. The van der Waals surface area contributed by atoms with E-state index in [1.165, 1.54) is 32.4 Å². The van der Waals surface area contributed by atoms with Gasteiger partial charge in [0.25, 0.3) is 5.91 Å². The zero-order valence-electron chi connectivity index (χ0n) is 16.1. The van der Waals surface area contributed by atoms with Crippen LogP contribution in [0.15, 0.2) is 54.2 Å². The predicted molar refractivity (Wildman–Crippen MR) is 106 cm³/mol. The first-order chi connectivity index (χ1) is 13.9. The number of amides is 1. The number of carbonyl (C=O) groups is 3. The van der Waals surface area contributed by atoms with Crippen LogP contribution in [0.4, 0.5) is 11.4 Å². The molecule has 148 valence electrons. The van der Waals surface area contributed by atoms with Gasteiger partial charge in [0.15, 0.2) is 0 Å². The Bertz CT molecular complexity index is 1020. The fourth-order valence-corrected chi connectivity index (χ4v) is 2.42. The monoisotopic (exact) mass is 393 g/mol. The number of methoxy groups -OCH3 is 2. The molecular weight excluding hydrogens is 374 g/mol. The van der Waals surface area contributed by atoms with Crippen molar-refractivity contribution in [1.82, 2.24) is 0 Å². The van der Waals surface area contributed by atoms with Crippen LogP contribution < -0.4 is 10.6 Å². The second-order valence-electron chi connectivity index (χ2n) is 5.88. The lowest BCUT2D eigenvalue weighted by Crippen LogP contribution is -2.15. The molecule has 2 rings (SSSR count). The third-order valence-electron chi connectivity index (χ3n) is 3.86. The van der Waals surface area contributed by atoms with Gasteiger partial charge >= 0.3 is 11.9 Å². The average molecular weight is 393 g/mol. The van der Waals surface area contributed by atoms with Crippen LogP contribution in [0.3, 0.4) is 0 Å². The number of aryl methyl sites for hydroxylation is 1. The lowest BCUT2D eigenvalue weighted by atomic mass is 10.1. The van der Waals surface area contributed by atoms with Crippen LogP contribution in [0.5, 0.6) is 0 Å². The summed E-state index contributed by atoms with van der Waals surface area (Å²) in [5, 5.41) is 14.7. The summed E-state index contributed by atoms with van der Waals surface area (Å²) >= 11 is 0. The van der Waals surface area contributed by atoms with Crippen LogP contribution in [-0.4, -0.2) is 32.1 Å². The molecule has 8 heteroatoms. The highest BCUT2D eigenvalue weighted by atomic mass is 16.5. The Morgan fingerprint density at radius 3 is 2.38 bits per heavy atom. The minimum atomic E-state index is -0.653. The summed E-state index contributed by atoms with van der Waals surface area (Å²) in [6.07, 6.45) is 1.15. The molecule has 0 aromatic heterocycles. The Morgan fingerprint density at radius 2 is 1.76 bits per heavy atom. The van der Waals surface area contributed by atoms with Gasteiger partial charge < -0.3 is 20.1 Å². The van der Waals surface area contributed by atoms with Crippen molar-refractivity contribution in [2.75, 3.05) is 24.9 Å². The number of esters is 2.